The lowest BCUT2D eigenvalue weighted by Crippen LogP contribution is -2.14. The molecule has 0 unspecified atom stereocenters. The third-order valence-electron chi connectivity index (χ3n) is 3.59. The van der Waals surface area contributed by atoms with Gasteiger partial charge < -0.3 is 10.1 Å². The van der Waals surface area contributed by atoms with Gasteiger partial charge in [0.25, 0.3) is 5.91 Å². The van der Waals surface area contributed by atoms with Crippen LogP contribution in [0.4, 0.5) is 10.1 Å². The van der Waals surface area contributed by atoms with Crippen LogP contribution in [0.1, 0.15) is 16.7 Å². The van der Waals surface area contributed by atoms with Gasteiger partial charge >= 0.3 is 0 Å². The summed E-state index contributed by atoms with van der Waals surface area (Å²) in [7, 11) is 1.46. The van der Waals surface area contributed by atoms with E-state index < -0.39 is 5.91 Å². The molecule has 128 valence electrons. The van der Waals surface area contributed by atoms with Crippen molar-refractivity contribution in [1.29, 1.82) is 5.26 Å². The van der Waals surface area contributed by atoms with Gasteiger partial charge in [-0.2, -0.15) is 5.26 Å². The number of carbonyl (C=O) groups excluding carboxylic acids is 1. The Labute approximate surface area is 150 Å². The van der Waals surface area contributed by atoms with Crippen LogP contribution in [0, 0.1) is 31.0 Å². The molecule has 0 radical (unpaired) electrons. The average Bonchev–Trinajstić information content (AvgIpc) is 2.58. The quantitative estimate of drug-likeness (QED) is 0.639. The van der Waals surface area contributed by atoms with E-state index >= 15 is 0 Å². The monoisotopic (exact) mass is 358 g/mol. The molecule has 0 atom stereocenters. The molecule has 25 heavy (non-hydrogen) atoms. The summed E-state index contributed by atoms with van der Waals surface area (Å²) in [6.45, 7) is 3.40. The van der Waals surface area contributed by atoms with Gasteiger partial charge in [0.2, 0.25) is 0 Å². The fourth-order valence-corrected chi connectivity index (χ4v) is 2.35. The highest BCUT2D eigenvalue weighted by molar-refractivity contribution is 6.31. The van der Waals surface area contributed by atoms with E-state index in [1.165, 1.54) is 25.3 Å². The number of nitrogens with one attached hydrogen (secondary N) is 1. The molecule has 1 amide bonds. The fraction of sp³-hybridized carbons (Fsp3) is 0.158. The molecule has 2 aromatic carbocycles. The minimum absolute atomic E-state index is 0.110. The van der Waals surface area contributed by atoms with Gasteiger partial charge in [0, 0.05) is 11.1 Å². The second-order valence-corrected chi connectivity index (χ2v) is 5.84. The maximum atomic E-state index is 13.3. The highest BCUT2D eigenvalue weighted by Crippen LogP contribution is 2.31. The van der Waals surface area contributed by atoms with E-state index in [1.807, 2.05) is 6.07 Å². The number of benzene rings is 2. The number of nitriles is 1. The van der Waals surface area contributed by atoms with Gasteiger partial charge in [-0.1, -0.05) is 17.7 Å². The number of carbonyl (C=O) groups is 1. The number of ether oxygens (including phenoxy) is 1. The topological polar surface area (TPSA) is 62.1 Å². The van der Waals surface area contributed by atoms with Crippen molar-refractivity contribution in [1.82, 2.24) is 0 Å². The predicted octanol–water partition coefficient (Wildman–Crippen LogP) is 4.65. The van der Waals surface area contributed by atoms with Crippen LogP contribution in [0.2, 0.25) is 5.02 Å². The summed E-state index contributed by atoms with van der Waals surface area (Å²) in [5.74, 6) is -0.551. The molecule has 0 aliphatic rings. The molecule has 0 aliphatic carbocycles. The Morgan fingerprint density at radius 3 is 2.60 bits per heavy atom. The van der Waals surface area contributed by atoms with Crippen molar-refractivity contribution in [3.8, 4) is 11.8 Å². The molecular formula is C19H16ClFN2O2. The van der Waals surface area contributed by atoms with E-state index in [0.29, 0.717) is 27.6 Å². The molecule has 0 spiro atoms. The van der Waals surface area contributed by atoms with Gasteiger partial charge in [-0.15, -0.1) is 0 Å². The minimum atomic E-state index is -0.593. The summed E-state index contributed by atoms with van der Waals surface area (Å²) >= 11 is 6.04. The summed E-state index contributed by atoms with van der Waals surface area (Å²) in [5, 5.41) is 12.4. The van der Waals surface area contributed by atoms with Crippen molar-refractivity contribution < 1.29 is 13.9 Å². The van der Waals surface area contributed by atoms with E-state index in [2.05, 4.69) is 5.32 Å². The van der Waals surface area contributed by atoms with Crippen LogP contribution < -0.4 is 10.1 Å². The molecule has 0 aromatic heterocycles. The van der Waals surface area contributed by atoms with Crippen LogP contribution in [-0.2, 0) is 4.79 Å². The molecular weight excluding hydrogens is 343 g/mol. The van der Waals surface area contributed by atoms with Crippen molar-refractivity contribution >= 4 is 29.3 Å². The minimum Gasteiger partial charge on any atom is -0.495 e. The molecule has 0 bridgehead atoms. The first-order valence-corrected chi connectivity index (χ1v) is 7.77. The third-order valence-corrected chi connectivity index (χ3v) is 3.99. The second kappa shape index (κ2) is 7.82. The van der Waals surface area contributed by atoms with Gasteiger partial charge in [-0.05, 0) is 54.8 Å². The molecule has 0 aliphatic heterocycles. The average molecular weight is 359 g/mol. The van der Waals surface area contributed by atoms with Crippen LogP contribution in [0.15, 0.2) is 35.9 Å². The van der Waals surface area contributed by atoms with Crippen molar-refractivity contribution in [2.24, 2.45) is 0 Å². The number of rotatable bonds is 4. The first kappa shape index (κ1) is 18.5. The number of amides is 1. The molecule has 2 aromatic rings. The number of nitrogens with zero attached hydrogens (tertiary/aromatic N) is 1. The molecule has 0 saturated carbocycles. The fourth-order valence-electron chi connectivity index (χ4n) is 2.19. The van der Waals surface area contributed by atoms with E-state index in [1.54, 1.807) is 32.0 Å². The summed E-state index contributed by atoms with van der Waals surface area (Å²) in [6, 6.07) is 9.46. The SMILES string of the molecule is COc1cc(Cl)c(C)cc1NC(=O)/C(C#N)=C\c1ccc(F)c(C)c1. The van der Waals surface area contributed by atoms with E-state index in [-0.39, 0.29) is 11.4 Å². The Morgan fingerprint density at radius 1 is 1.28 bits per heavy atom. The number of hydrogen-bond acceptors (Lipinski definition) is 3. The Kier molecular flexibility index (Phi) is 5.79. The first-order valence-electron chi connectivity index (χ1n) is 7.39. The molecule has 0 fully saturated rings. The standard InChI is InChI=1S/C19H16ClFN2O2/c1-11-7-17(18(25-3)9-15(11)20)23-19(24)14(10-22)8-13-4-5-16(21)12(2)6-13/h4-9H,1-3H3,(H,23,24)/b14-8-. The summed E-state index contributed by atoms with van der Waals surface area (Å²) in [4.78, 5) is 12.4. The maximum Gasteiger partial charge on any atom is 0.266 e. The number of anilines is 1. The zero-order valence-corrected chi connectivity index (χ0v) is 14.7. The predicted molar refractivity (Wildman–Crippen MR) is 96.1 cm³/mol. The van der Waals surface area contributed by atoms with Crippen LogP contribution >= 0.6 is 11.6 Å². The largest absolute Gasteiger partial charge is 0.495 e. The second-order valence-electron chi connectivity index (χ2n) is 5.43. The summed E-state index contributed by atoms with van der Waals surface area (Å²) in [6.07, 6.45) is 1.40. The lowest BCUT2D eigenvalue weighted by Gasteiger charge is -2.12. The third kappa shape index (κ3) is 4.37. The first-order chi connectivity index (χ1) is 11.8. The molecule has 6 heteroatoms. The van der Waals surface area contributed by atoms with Gasteiger partial charge in [0.15, 0.2) is 0 Å². The zero-order valence-electron chi connectivity index (χ0n) is 14.0. The number of halogens is 2. The van der Waals surface area contributed by atoms with Crippen LogP contribution in [-0.4, -0.2) is 13.0 Å². The Bertz CT molecular complexity index is 901. The Balaban J connectivity index is 2.32. The van der Waals surface area contributed by atoms with E-state index in [0.717, 1.165) is 5.56 Å². The van der Waals surface area contributed by atoms with E-state index in [4.69, 9.17) is 16.3 Å². The molecule has 2 rings (SSSR count). The van der Waals surface area contributed by atoms with Crippen molar-refractivity contribution in [2.75, 3.05) is 12.4 Å². The van der Waals surface area contributed by atoms with Crippen molar-refractivity contribution in [3.05, 3.63) is 63.4 Å². The number of aryl methyl sites for hydroxylation is 2. The highest BCUT2D eigenvalue weighted by atomic mass is 35.5. The Hall–Kier alpha value is -2.84. The Morgan fingerprint density at radius 2 is 2.00 bits per heavy atom. The van der Waals surface area contributed by atoms with Crippen molar-refractivity contribution in [3.63, 3.8) is 0 Å². The summed E-state index contributed by atoms with van der Waals surface area (Å²) < 4.78 is 18.5. The van der Waals surface area contributed by atoms with Gasteiger partial charge in [-0.3, -0.25) is 4.79 Å². The zero-order chi connectivity index (χ0) is 18.6. The van der Waals surface area contributed by atoms with Gasteiger partial charge in [0.1, 0.15) is 23.2 Å². The van der Waals surface area contributed by atoms with Crippen LogP contribution in [0.25, 0.3) is 6.08 Å². The maximum absolute atomic E-state index is 13.3. The number of methoxy groups -OCH3 is 1. The van der Waals surface area contributed by atoms with Crippen LogP contribution in [0.3, 0.4) is 0 Å². The lowest BCUT2D eigenvalue weighted by atomic mass is 10.1. The molecule has 4 nitrogen and oxygen atoms in total. The smallest absolute Gasteiger partial charge is 0.266 e. The van der Waals surface area contributed by atoms with Gasteiger partial charge in [0.05, 0.1) is 12.8 Å². The van der Waals surface area contributed by atoms with Gasteiger partial charge in [-0.25, -0.2) is 4.39 Å². The molecule has 0 saturated heterocycles. The molecule has 0 heterocycles. The highest BCUT2D eigenvalue weighted by Gasteiger charge is 2.14. The number of hydrogen-bond donors (Lipinski definition) is 1. The normalized spacial score (nSPS) is 11.0. The lowest BCUT2D eigenvalue weighted by molar-refractivity contribution is -0.112. The van der Waals surface area contributed by atoms with Crippen molar-refractivity contribution in [2.45, 2.75) is 13.8 Å². The summed E-state index contributed by atoms with van der Waals surface area (Å²) in [5.41, 5.74) is 2.05. The van der Waals surface area contributed by atoms with E-state index in [9.17, 15) is 14.4 Å². The molecule has 1 N–H and O–H groups in total. The van der Waals surface area contributed by atoms with Crippen LogP contribution in [0.5, 0.6) is 5.75 Å².